The Hall–Kier alpha value is -2.37. The van der Waals surface area contributed by atoms with E-state index < -0.39 is 0 Å². The molecule has 0 bridgehead atoms. The molecule has 0 unspecified atom stereocenters. The smallest absolute Gasteiger partial charge is 0.139 e. The summed E-state index contributed by atoms with van der Waals surface area (Å²) in [5, 5.41) is 0.711. The maximum Gasteiger partial charge on any atom is 0.139 e. The molecule has 0 aliphatic carbocycles. The fourth-order valence-corrected chi connectivity index (χ4v) is 3.53. The second kappa shape index (κ2) is 7.48. The SMILES string of the molecule is CCN1CCN(c2ccc(-c3ncc(-c4ccccc4Cl)[nH]3)cn2)CC1. The molecule has 1 saturated heterocycles. The Morgan fingerprint density at radius 3 is 2.50 bits per heavy atom. The van der Waals surface area contributed by atoms with Crippen LogP contribution in [0.1, 0.15) is 6.92 Å². The first-order valence-electron chi connectivity index (χ1n) is 8.98. The zero-order valence-corrected chi connectivity index (χ0v) is 15.6. The lowest BCUT2D eigenvalue weighted by Gasteiger charge is -2.34. The lowest BCUT2D eigenvalue weighted by atomic mass is 10.2. The lowest BCUT2D eigenvalue weighted by molar-refractivity contribution is 0.270. The molecule has 6 heteroatoms. The molecule has 0 radical (unpaired) electrons. The molecule has 134 valence electrons. The maximum atomic E-state index is 6.27. The van der Waals surface area contributed by atoms with E-state index in [1.54, 1.807) is 0 Å². The van der Waals surface area contributed by atoms with Crippen LogP contribution in [0, 0.1) is 0 Å². The number of H-pyrrole nitrogens is 1. The summed E-state index contributed by atoms with van der Waals surface area (Å²) >= 11 is 6.27. The second-order valence-corrected chi connectivity index (χ2v) is 6.86. The van der Waals surface area contributed by atoms with E-state index >= 15 is 0 Å². The summed E-state index contributed by atoms with van der Waals surface area (Å²) in [5.41, 5.74) is 2.83. The van der Waals surface area contributed by atoms with Crippen molar-refractivity contribution in [1.29, 1.82) is 0 Å². The number of rotatable bonds is 4. The van der Waals surface area contributed by atoms with Crippen LogP contribution in [0.2, 0.25) is 5.02 Å². The van der Waals surface area contributed by atoms with Crippen LogP contribution in [0.3, 0.4) is 0 Å². The summed E-state index contributed by atoms with van der Waals surface area (Å²) in [4.78, 5) is 17.3. The minimum Gasteiger partial charge on any atom is -0.354 e. The highest BCUT2D eigenvalue weighted by atomic mass is 35.5. The van der Waals surface area contributed by atoms with E-state index in [0.717, 1.165) is 61.2 Å². The molecule has 0 spiro atoms. The molecule has 26 heavy (non-hydrogen) atoms. The Labute approximate surface area is 158 Å². The molecule has 1 aliphatic heterocycles. The molecular weight excluding hydrogens is 346 g/mol. The second-order valence-electron chi connectivity index (χ2n) is 6.45. The Balaban J connectivity index is 1.50. The number of aromatic amines is 1. The van der Waals surface area contributed by atoms with Crippen LogP contribution >= 0.6 is 11.6 Å². The van der Waals surface area contributed by atoms with E-state index in [0.29, 0.717) is 5.02 Å². The monoisotopic (exact) mass is 367 g/mol. The summed E-state index contributed by atoms with van der Waals surface area (Å²) in [7, 11) is 0. The minimum absolute atomic E-state index is 0.711. The van der Waals surface area contributed by atoms with Crippen LogP contribution in [0.15, 0.2) is 48.8 Å². The molecule has 3 aromatic rings. The van der Waals surface area contributed by atoms with Crippen molar-refractivity contribution in [1.82, 2.24) is 19.9 Å². The molecule has 5 nitrogen and oxygen atoms in total. The van der Waals surface area contributed by atoms with Gasteiger partial charge in [0.05, 0.1) is 11.9 Å². The predicted octanol–water partition coefficient (Wildman–Crippen LogP) is 3.93. The minimum atomic E-state index is 0.711. The number of halogens is 1. The van der Waals surface area contributed by atoms with E-state index in [1.165, 1.54) is 0 Å². The highest BCUT2D eigenvalue weighted by molar-refractivity contribution is 6.33. The van der Waals surface area contributed by atoms with Gasteiger partial charge in [0, 0.05) is 48.5 Å². The van der Waals surface area contributed by atoms with Gasteiger partial charge in [0.25, 0.3) is 0 Å². The Kier molecular flexibility index (Phi) is 4.91. The van der Waals surface area contributed by atoms with E-state index in [9.17, 15) is 0 Å². The van der Waals surface area contributed by atoms with Gasteiger partial charge in [-0.25, -0.2) is 9.97 Å². The molecule has 4 rings (SSSR count). The average Bonchev–Trinajstić information content (AvgIpc) is 3.18. The standard InChI is InChI=1S/C20H22ClN5/c1-2-25-9-11-26(12-10-25)19-8-7-15(13-22-19)20-23-14-18(24-20)16-5-3-4-6-17(16)21/h3-8,13-14H,2,9-12H2,1H3,(H,23,24). The van der Waals surface area contributed by atoms with Gasteiger partial charge in [-0.3, -0.25) is 0 Å². The fourth-order valence-electron chi connectivity index (χ4n) is 3.29. The van der Waals surface area contributed by atoms with Crippen LogP contribution in [0.25, 0.3) is 22.6 Å². The number of aromatic nitrogens is 3. The molecule has 1 fully saturated rings. The molecule has 1 N–H and O–H groups in total. The molecular formula is C20H22ClN5. The number of imidazole rings is 1. The topological polar surface area (TPSA) is 48.0 Å². The number of nitrogens with zero attached hydrogens (tertiary/aromatic N) is 4. The molecule has 0 amide bonds. The van der Waals surface area contributed by atoms with Gasteiger partial charge in [-0.2, -0.15) is 0 Å². The van der Waals surface area contributed by atoms with Crippen molar-refractivity contribution in [2.75, 3.05) is 37.6 Å². The van der Waals surface area contributed by atoms with E-state index in [1.807, 2.05) is 36.7 Å². The van der Waals surface area contributed by atoms with Crippen molar-refractivity contribution in [2.24, 2.45) is 0 Å². The first-order valence-corrected chi connectivity index (χ1v) is 9.36. The van der Waals surface area contributed by atoms with Gasteiger partial charge in [-0.1, -0.05) is 36.7 Å². The van der Waals surface area contributed by atoms with Gasteiger partial charge in [-0.05, 0) is 24.7 Å². The first kappa shape index (κ1) is 17.1. The zero-order valence-electron chi connectivity index (χ0n) is 14.8. The summed E-state index contributed by atoms with van der Waals surface area (Å²) in [5.74, 6) is 1.83. The number of nitrogens with one attached hydrogen (secondary N) is 1. The molecule has 0 saturated carbocycles. The summed E-state index contributed by atoms with van der Waals surface area (Å²) < 4.78 is 0. The van der Waals surface area contributed by atoms with Crippen LogP contribution in [-0.2, 0) is 0 Å². The van der Waals surface area contributed by atoms with Crippen molar-refractivity contribution in [3.8, 4) is 22.6 Å². The lowest BCUT2D eigenvalue weighted by Crippen LogP contribution is -2.46. The highest BCUT2D eigenvalue weighted by Crippen LogP contribution is 2.28. The van der Waals surface area contributed by atoms with Crippen molar-refractivity contribution < 1.29 is 0 Å². The molecule has 2 aromatic heterocycles. The van der Waals surface area contributed by atoms with Gasteiger partial charge >= 0.3 is 0 Å². The predicted molar refractivity (Wildman–Crippen MR) is 107 cm³/mol. The van der Waals surface area contributed by atoms with Gasteiger partial charge in [0.2, 0.25) is 0 Å². The fraction of sp³-hybridized carbons (Fsp3) is 0.300. The quantitative estimate of drug-likeness (QED) is 0.758. The Morgan fingerprint density at radius 1 is 1.00 bits per heavy atom. The van der Waals surface area contributed by atoms with Crippen molar-refractivity contribution in [2.45, 2.75) is 6.92 Å². The maximum absolute atomic E-state index is 6.27. The number of likely N-dealkylation sites (N-methyl/N-ethyl adjacent to an activating group) is 1. The summed E-state index contributed by atoms with van der Waals surface area (Å²) in [6.07, 6.45) is 3.70. The van der Waals surface area contributed by atoms with Gasteiger partial charge < -0.3 is 14.8 Å². The van der Waals surface area contributed by atoms with Crippen LogP contribution in [-0.4, -0.2) is 52.6 Å². The van der Waals surface area contributed by atoms with Gasteiger partial charge in [-0.15, -0.1) is 0 Å². The van der Waals surface area contributed by atoms with E-state index in [-0.39, 0.29) is 0 Å². The third-order valence-corrected chi connectivity index (χ3v) is 5.23. The van der Waals surface area contributed by atoms with Crippen molar-refractivity contribution >= 4 is 17.4 Å². The van der Waals surface area contributed by atoms with E-state index in [4.69, 9.17) is 11.6 Å². The third-order valence-electron chi connectivity index (χ3n) is 4.90. The summed E-state index contributed by atoms with van der Waals surface area (Å²) in [6.45, 7) is 7.57. The molecule has 0 atom stereocenters. The normalized spacial score (nSPS) is 15.4. The third kappa shape index (κ3) is 3.45. The van der Waals surface area contributed by atoms with E-state index in [2.05, 4.69) is 43.8 Å². The molecule has 1 aromatic carbocycles. The van der Waals surface area contributed by atoms with Gasteiger partial charge in [0.1, 0.15) is 11.6 Å². The van der Waals surface area contributed by atoms with Crippen LogP contribution < -0.4 is 4.90 Å². The number of anilines is 1. The first-order chi connectivity index (χ1) is 12.7. The van der Waals surface area contributed by atoms with Crippen LogP contribution in [0.4, 0.5) is 5.82 Å². The number of benzene rings is 1. The average molecular weight is 368 g/mol. The highest BCUT2D eigenvalue weighted by Gasteiger charge is 2.17. The van der Waals surface area contributed by atoms with Crippen molar-refractivity contribution in [3.05, 3.63) is 53.8 Å². The number of hydrogen-bond donors (Lipinski definition) is 1. The number of hydrogen-bond acceptors (Lipinski definition) is 4. The molecule has 1 aliphatic rings. The van der Waals surface area contributed by atoms with Gasteiger partial charge in [0.15, 0.2) is 0 Å². The number of piperazine rings is 1. The molecule has 3 heterocycles. The largest absolute Gasteiger partial charge is 0.354 e. The van der Waals surface area contributed by atoms with Crippen molar-refractivity contribution in [3.63, 3.8) is 0 Å². The zero-order chi connectivity index (χ0) is 17.9. The van der Waals surface area contributed by atoms with Crippen LogP contribution in [0.5, 0.6) is 0 Å². The Morgan fingerprint density at radius 2 is 1.81 bits per heavy atom. The summed E-state index contributed by atoms with van der Waals surface area (Å²) in [6, 6.07) is 11.9. The Bertz CT molecular complexity index is 866. The number of pyridine rings is 1.